The molecule has 1 saturated carbocycles. The van der Waals surface area contributed by atoms with E-state index in [1.54, 1.807) is 31.1 Å². The van der Waals surface area contributed by atoms with Gasteiger partial charge < -0.3 is 20.9 Å². The molecule has 0 aromatic heterocycles. The van der Waals surface area contributed by atoms with Crippen molar-refractivity contribution in [3.8, 4) is 0 Å². The first kappa shape index (κ1) is 20.7. The molecule has 3 N–H and O–H groups in total. The molecule has 2 rings (SSSR count). The van der Waals surface area contributed by atoms with Crippen molar-refractivity contribution in [2.45, 2.75) is 32.2 Å². The second kappa shape index (κ2) is 9.39. The maximum Gasteiger partial charge on any atom is 0.251 e. The molecule has 0 spiro atoms. The Labute approximate surface area is 161 Å². The van der Waals surface area contributed by atoms with Crippen LogP contribution in [0.4, 0.5) is 0 Å². The monoisotopic (exact) mass is 373 g/mol. The number of nitrogens with one attached hydrogen (secondary N) is 3. The first-order valence-electron chi connectivity index (χ1n) is 9.39. The van der Waals surface area contributed by atoms with Crippen LogP contribution < -0.4 is 16.0 Å². The van der Waals surface area contributed by atoms with Crippen molar-refractivity contribution < 1.29 is 9.59 Å². The molecule has 1 aromatic rings. The van der Waals surface area contributed by atoms with Gasteiger partial charge in [-0.05, 0) is 30.5 Å². The van der Waals surface area contributed by atoms with Gasteiger partial charge in [0, 0.05) is 46.8 Å². The summed E-state index contributed by atoms with van der Waals surface area (Å²) >= 11 is 0. The third-order valence-electron chi connectivity index (χ3n) is 5.14. The van der Waals surface area contributed by atoms with Gasteiger partial charge in [0.2, 0.25) is 5.91 Å². The summed E-state index contributed by atoms with van der Waals surface area (Å²) in [6.45, 7) is 1.17. The number of benzene rings is 1. The summed E-state index contributed by atoms with van der Waals surface area (Å²) in [5, 5.41) is 9.20. The molecular weight excluding hydrogens is 342 g/mol. The summed E-state index contributed by atoms with van der Waals surface area (Å²) in [6, 6.07) is 7.43. The van der Waals surface area contributed by atoms with E-state index in [2.05, 4.69) is 20.9 Å². The highest BCUT2D eigenvalue weighted by Gasteiger charge is 2.42. The molecule has 0 radical (unpaired) electrons. The number of hydrogen-bond acceptors (Lipinski definition) is 3. The molecule has 0 unspecified atom stereocenters. The SMILES string of the molecule is CN=C(NCc1ccc(C(=O)NC)cc1)NCC1(C(=O)N(C)C)CCCC1. The zero-order valence-corrected chi connectivity index (χ0v) is 16.8. The fourth-order valence-electron chi connectivity index (χ4n) is 3.57. The van der Waals surface area contributed by atoms with Gasteiger partial charge in [-0.25, -0.2) is 0 Å². The van der Waals surface area contributed by atoms with Crippen LogP contribution in [-0.4, -0.2) is 57.4 Å². The lowest BCUT2D eigenvalue weighted by molar-refractivity contribution is -0.138. The van der Waals surface area contributed by atoms with Gasteiger partial charge in [0.15, 0.2) is 5.96 Å². The van der Waals surface area contributed by atoms with Gasteiger partial charge >= 0.3 is 0 Å². The van der Waals surface area contributed by atoms with E-state index in [4.69, 9.17) is 0 Å². The van der Waals surface area contributed by atoms with Gasteiger partial charge in [0.1, 0.15) is 0 Å². The van der Waals surface area contributed by atoms with Gasteiger partial charge in [-0.15, -0.1) is 0 Å². The van der Waals surface area contributed by atoms with E-state index >= 15 is 0 Å². The number of aliphatic imine (C=N–C) groups is 1. The number of nitrogens with zero attached hydrogens (tertiary/aromatic N) is 2. The Hall–Kier alpha value is -2.57. The Morgan fingerprint density at radius 3 is 2.26 bits per heavy atom. The minimum absolute atomic E-state index is 0.0978. The normalized spacial score (nSPS) is 15.9. The molecule has 27 heavy (non-hydrogen) atoms. The van der Waals surface area contributed by atoms with E-state index in [-0.39, 0.29) is 17.2 Å². The van der Waals surface area contributed by atoms with Crippen LogP contribution in [-0.2, 0) is 11.3 Å². The topological polar surface area (TPSA) is 85.8 Å². The summed E-state index contributed by atoms with van der Waals surface area (Å²) in [6.07, 6.45) is 4.00. The highest BCUT2D eigenvalue weighted by Crippen LogP contribution is 2.38. The van der Waals surface area contributed by atoms with Gasteiger partial charge in [-0.2, -0.15) is 0 Å². The molecule has 2 amide bonds. The van der Waals surface area contributed by atoms with Gasteiger partial charge in [-0.3, -0.25) is 14.6 Å². The van der Waals surface area contributed by atoms with Crippen molar-refractivity contribution in [2.75, 3.05) is 34.7 Å². The van der Waals surface area contributed by atoms with E-state index in [0.717, 1.165) is 31.2 Å². The molecule has 0 atom stereocenters. The molecule has 1 aliphatic carbocycles. The Balaban J connectivity index is 1.92. The zero-order valence-electron chi connectivity index (χ0n) is 16.8. The maximum absolute atomic E-state index is 12.7. The lowest BCUT2D eigenvalue weighted by atomic mass is 9.84. The second-order valence-electron chi connectivity index (χ2n) is 7.24. The number of hydrogen-bond donors (Lipinski definition) is 3. The molecule has 1 fully saturated rings. The molecule has 0 heterocycles. The first-order chi connectivity index (χ1) is 12.9. The van der Waals surface area contributed by atoms with Crippen LogP contribution in [0, 0.1) is 5.41 Å². The fourth-order valence-corrected chi connectivity index (χ4v) is 3.57. The lowest BCUT2D eigenvalue weighted by Gasteiger charge is -2.31. The third-order valence-corrected chi connectivity index (χ3v) is 5.14. The predicted molar refractivity (Wildman–Crippen MR) is 108 cm³/mol. The van der Waals surface area contributed by atoms with Crippen LogP contribution in [0.1, 0.15) is 41.6 Å². The standard InChI is InChI=1S/C20H31N5O2/c1-21-17(26)16-9-7-15(8-10-16)13-23-19(22-2)24-14-20(11-5-6-12-20)18(27)25(3)4/h7-10H,5-6,11-14H2,1-4H3,(H,21,26)(H2,22,23,24). The average molecular weight is 374 g/mol. The van der Waals surface area contributed by atoms with Gasteiger partial charge in [0.25, 0.3) is 5.91 Å². The maximum atomic E-state index is 12.7. The highest BCUT2D eigenvalue weighted by molar-refractivity contribution is 5.94. The summed E-state index contributed by atoms with van der Waals surface area (Å²) < 4.78 is 0. The molecule has 7 nitrogen and oxygen atoms in total. The smallest absolute Gasteiger partial charge is 0.251 e. The first-order valence-corrected chi connectivity index (χ1v) is 9.39. The van der Waals surface area contributed by atoms with Crippen molar-refractivity contribution in [1.29, 1.82) is 0 Å². The van der Waals surface area contributed by atoms with Gasteiger partial charge in [0.05, 0.1) is 5.41 Å². The van der Waals surface area contributed by atoms with Crippen molar-refractivity contribution in [3.63, 3.8) is 0 Å². The second-order valence-corrected chi connectivity index (χ2v) is 7.24. The Morgan fingerprint density at radius 2 is 1.74 bits per heavy atom. The van der Waals surface area contributed by atoms with Crippen LogP contribution in [0.2, 0.25) is 0 Å². The number of amides is 2. The summed E-state index contributed by atoms with van der Waals surface area (Å²) in [7, 11) is 6.97. The summed E-state index contributed by atoms with van der Waals surface area (Å²) in [5.74, 6) is 0.760. The zero-order chi connectivity index (χ0) is 19.9. The van der Waals surface area contributed by atoms with Crippen molar-refractivity contribution in [1.82, 2.24) is 20.9 Å². The van der Waals surface area contributed by atoms with E-state index in [1.807, 2.05) is 26.2 Å². The molecule has 1 aromatic carbocycles. The number of rotatable bonds is 6. The van der Waals surface area contributed by atoms with E-state index in [0.29, 0.717) is 24.6 Å². The minimum Gasteiger partial charge on any atom is -0.355 e. The highest BCUT2D eigenvalue weighted by atomic mass is 16.2. The number of guanidine groups is 1. The molecular formula is C20H31N5O2. The fraction of sp³-hybridized carbons (Fsp3) is 0.550. The Kier molecular flexibility index (Phi) is 7.21. The molecule has 0 bridgehead atoms. The van der Waals surface area contributed by atoms with Crippen LogP contribution >= 0.6 is 0 Å². The Morgan fingerprint density at radius 1 is 1.11 bits per heavy atom. The van der Waals surface area contributed by atoms with E-state index < -0.39 is 0 Å². The average Bonchev–Trinajstić information content (AvgIpc) is 3.17. The number of carbonyl (C=O) groups is 2. The van der Waals surface area contributed by atoms with Crippen molar-refractivity contribution in [2.24, 2.45) is 10.4 Å². The van der Waals surface area contributed by atoms with E-state index in [1.165, 1.54) is 0 Å². The van der Waals surface area contributed by atoms with Crippen LogP contribution in [0.25, 0.3) is 0 Å². The number of carbonyl (C=O) groups excluding carboxylic acids is 2. The minimum atomic E-state index is -0.337. The third kappa shape index (κ3) is 5.21. The molecule has 1 aliphatic rings. The van der Waals surface area contributed by atoms with Gasteiger partial charge in [-0.1, -0.05) is 25.0 Å². The molecule has 0 saturated heterocycles. The summed E-state index contributed by atoms with van der Waals surface area (Å²) in [4.78, 5) is 30.2. The summed E-state index contributed by atoms with van der Waals surface area (Å²) in [5.41, 5.74) is 1.34. The predicted octanol–water partition coefficient (Wildman–Crippen LogP) is 1.36. The molecule has 0 aliphatic heterocycles. The van der Waals surface area contributed by atoms with Crippen LogP contribution in [0.5, 0.6) is 0 Å². The quantitative estimate of drug-likeness (QED) is 0.519. The Bertz CT molecular complexity index is 676. The molecule has 148 valence electrons. The van der Waals surface area contributed by atoms with E-state index in [9.17, 15) is 9.59 Å². The van der Waals surface area contributed by atoms with Crippen LogP contribution in [0.15, 0.2) is 29.3 Å². The van der Waals surface area contributed by atoms with Crippen LogP contribution in [0.3, 0.4) is 0 Å². The largest absolute Gasteiger partial charge is 0.355 e. The lowest BCUT2D eigenvalue weighted by Crippen LogP contribution is -2.49. The molecule has 7 heteroatoms. The van der Waals surface area contributed by atoms with Crippen molar-refractivity contribution >= 4 is 17.8 Å². The van der Waals surface area contributed by atoms with Crippen molar-refractivity contribution in [3.05, 3.63) is 35.4 Å².